The fourth-order valence-electron chi connectivity index (χ4n) is 1.43. The molecule has 0 aliphatic carbocycles. The third-order valence-electron chi connectivity index (χ3n) is 2.04. The van der Waals surface area contributed by atoms with Crippen molar-refractivity contribution in [3.8, 4) is 0 Å². The van der Waals surface area contributed by atoms with Crippen molar-refractivity contribution < 1.29 is 9.53 Å². The van der Waals surface area contributed by atoms with Crippen molar-refractivity contribution in [2.24, 2.45) is 0 Å². The quantitative estimate of drug-likeness (QED) is 0.663. The second-order valence-electron chi connectivity index (χ2n) is 2.92. The Balaban J connectivity index is 2.49. The first-order chi connectivity index (χ1) is 7.27. The van der Waals surface area contributed by atoms with Gasteiger partial charge in [0.15, 0.2) is 0 Å². The Morgan fingerprint density at radius 3 is 3.13 bits per heavy atom. The molecule has 2 aromatic rings. The highest BCUT2D eigenvalue weighted by atomic mass is 32.2. The van der Waals surface area contributed by atoms with E-state index in [1.807, 2.05) is 24.6 Å². The molecule has 3 nitrogen and oxygen atoms in total. The fourth-order valence-corrected chi connectivity index (χ4v) is 3.25. The summed E-state index contributed by atoms with van der Waals surface area (Å²) in [4.78, 5) is 15.7. The fraction of sp³-hybridized carbons (Fsp3) is 0.300. The van der Waals surface area contributed by atoms with Gasteiger partial charge in [0.2, 0.25) is 0 Å². The summed E-state index contributed by atoms with van der Waals surface area (Å²) in [7, 11) is 0. The number of esters is 1. The first-order valence-electron chi connectivity index (χ1n) is 4.58. The van der Waals surface area contributed by atoms with E-state index in [1.54, 1.807) is 23.1 Å². The molecule has 0 radical (unpaired) electrons. The van der Waals surface area contributed by atoms with Crippen LogP contribution in [0.25, 0.3) is 10.2 Å². The molecule has 15 heavy (non-hydrogen) atoms. The van der Waals surface area contributed by atoms with Crippen LogP contribution in [0.5, 0.6) is 0 Å². The number of hydrogen-bond acceptors (Lipinski definition) is 4. The lowest BCUT2D eigenvalue weighted by Gasteiger charge is -2.00. The van der Waals surface area contributed by atoms with Gasteiger partial charge >= 0.3 is 5.97 Å². The summed E-state index contributed by atoms with van der Waals surface area (Å²) in [6.45, 7) is 2.21. The van der Waals surface area contributed by atoms with Gasteiger partial charge in [0.05, 0.1) is 21.7 Å². The maximum atomic E-state index is 11.6. The van der Waals surface area contributed by atoms with Gasteiger partial charge < -0.3 is 9.72 Å². The van der Waals surface area contributed by atoms with Gasteiger partial charge in [-0.05, 0) is 24.6 Å². The van der Waals surface area contributed by atoms with Crippen molar-refractivity contribution in [2.75, 3.05) is 12.9 Å². The zero-order valence-electron chi connectivity index (χ0n) is 8.49. The topological polar surface area (TPSA) is 42.1 Å². The maximum Gasteiger partial charge on any atom is 0.355 e. The molecule has 0 saturated heterocycles. The number of aromatic amines is 1. The minimum Gasteiger partial charge on any atom is -0.461 e. The Kier molecular flexibility index (Phi) is 3.02. The Morgan fingerprint density at radius 2 is 2.47 bits per heavy atom. The second kappa shape index (κ2) is 4.28. The van der Waals surface area contributed by atoms with Crippen LogP contribution < -0.4 is 0 Å². The highest BCUT2D eigenvalue weighted by molar-refractivity contribution is 7.99. The normalized spacial score (nSPS) is 10.8. The van der Waals surface area contributed by atoms with Gasteiger partial charge in [0, 0.05) is 0 Å². The summed E-state index contributed by atoms with van der Waals surface area (Å²) in [5.74, 6) is -0.273. The van der Waals surface area contributed by atoms with Crippen LogP contribution >= 0.6 is 23.1 Å². The van der Waals surface area contributed by atoms with Gasteiger partial charge in [-0.15, -0.1) is 23.1 Å². The summed E-state index contributed by atoms with van der Waals surface area (Å²) in [6.07, 6.45) is 1.96. The summed E-state index contributed by atoms with van der Waals surface area (Å²) in [5, 5.41) is 2.01. The molecule has 2 aromatic heterocycles. The molecule has 0 fully saturated rings. The molecule has 0 aromatic carbocycles. The molecule has 80 valence electrons. The van der Waals surface area contributed by atoms with Crippen LogP contribution in [0.1, 0.15) is 17.4 Å². The van der Waals surface area contributed by atoms with Crippen LogP contribution in [0.4, 0.5) is 0 Å². The third-order valence-corrected chi connectivity index (χ3v) is 3.92. The van der Waals surface area contributed by atoms with Crippen LogP contribution in [-0.4, -0.2) is 23.8 Å². The van der Waals surface area contributed by atoms with Crippen LogP contribution in [-0.2, 0) is 4.74 Å². The standard InChI is InChI=1S/C10H11NO2S2/c1-3-13-10(12)7-9(14-2)8-6(11-7)4-5-15-8/h4-5,11H,3H2,1-2H3. The summed E-state index contributed by atoms with van der Waals surface area (Å²) >= 11 is 3.20. The molecule has 0 unspecified atom stereocenters. The third kappa shape index (κ3) is 1.77. The van der Waals surface area contributed by atoms with Gasteiger partial charge in [0.25, 0.3) is 0 Å². The van der Waals surface area contributed by atoms with Gasteiger partial charge in [0.1, 0.15) is 5.69 Å². The Hall–Kier alpha value is -0.940. The smallest absolute Gasteiger partial charge is 0.355 e. The van der Waals surface area contributed by atoms with Crippen LogP contribution in [0, 0.1) is 0 Å². The average molecular weight is 241 g/mol. The van der Waals surface area contributed by atoms with Crippen LogP contribution in [0.2, 0.25) is 0 Å². The van der Waals surface area contributed by atoms with E-state index in [9.17, 15) is 4.79 Å². The number of aromatic nitrogens is 1. The maximum absolute atomic E-state index is 11.6. The molecule has 0 saturated carbocycles. The predicted octanol–water partition coefficient (Wildman–Crippen LogP) is 3.13. The van der Waals surface area contributed by atoms with Crippen LogP contribution in [0.15, 0.2) is 16.3 Å². The lowest BCUT2D eigenvalue weighted by Crippen LogP contribution is -2.05. The summed E-state index contributed by atoms with van der Waals surface area (Å²) in [6, 6.07) is 1.97. The molecule has 0 aliphatic rings. The lowest BCUT2D eigenvalue weighted by atomic mass is 10.4. The van der Waals surface area contributed by atoms with Crippen molar-refractivity contribution in [1.29, 1.82) is 0 Å². The van der Waals surface area contributed by atoms with E-state index in [-0.39, 0.29) is 5.97 Å². The van der Waals surface area contributed by atoms with Crippen molar-refractivity contribution in [2.45, 2.75) is 11.8 Å². The van der Waals surface area contributed by atoms with Crippen molar-refractivity contribution in [3.63, 3.8) is 0 Å². The Labute approximate surface area is 95.8 Å². The summed E-state index contributed by atoms with van der Waals surface area (Å²) in [5.41, 5.74) is 1.58. The molecule has 2 rings (SSSR count). The monoisotopic (exact) mass is 241 g/mol. The number of thioether (sulfide) groups is 1. The van der Waals surface area contributed by atoms with E-state index in [4.69, 9.17) is 4.74 Å². The molecule has 0 spiro atoms. The zero-order chi connectivity index (χ0) is 10.8. The number of carbonyl (C=O) groups excluding carboxylic acids is 1. The highest BCUT2D eigenvalue weighted by Gasteiger charge is 2.18. The van der Waals surface area contributed by atoms with E-state index in [0.717, 1.165) is 15.1 Å². The second-order valence-corrected chi connectivity index (χ2v) is 4.65. The Bertz CT molecular complexity index is 487. The van der Waals surface area contributed by atoms with Gasteiger partial charge in [-0.2, -0.15) is 0 Å². The average Bonchev–Trinajstić information content (AvgIpc) is 2.76. The van der Waals surface area contributed by atoms with Gasteiger partial charge in [-0.3, -0.25) is 0 Å². The first-order valence-corrected chi connectivity index (χ1v) is 6.68. The minimum absolute atomic E-state index is 0.273. The molecule has 0 amide bonds. The number of fused-ring (bicyclic) bond motifs is 1. The Morgan fingerprint density at radius 1 is 1.67 bits per heavy atom. The molecule has 5 heteroatoms. The minimum atomic E-state index is -0.273. The molecule has 1 N–H and O–H groups in total. The molecule has 0 bridgehead atoms. The number of nitrogens with one attached hydrogen (secondary N) is 1. The molecular formula is C10H11NO2S2. The molecular weight excluding hydrogens is 230 g/mol. The first kappa shape index (κ1) is 10.6. The van der Waals surface area contributed by atoms with Crippen molar-refractivity contribution in [1.82, 2.24) is 4.98 Å². The van der Waals surface area contributed by atoms with Gasteiger partial charge in [-0.25, -0.2) is 4.79 Å². The number of carbonyl (C=O) groups is 1. The number of hydrogen-bond donors (Lipinski definition) is 1. The number of ether oxygens (including phenoxy) is 1. The van der Waals surface area contributed by atoms with Gasteiger partial charge in [-0.1, -0.05) is 0 Å². The predicted molar refractivity (Wildman–Crippen MR) is 63.9 cm³/mol. The zero-order valence-corrected chi connectivity index (χ0v) is 10.1. The van der Waals surface area contributed by atoms with Crippen molar-refractivity contribution >= 4 is 39.3 Å². The molecule has 0 atom stereocenters. The van der Waals surface area contributed by atoms with Crippen LogP contribution in [0.3, 0.4) is 0 Å². The largest absolute Gasteiger partial charge is 0.461 e. The molecule has 2 heterocycles. The van der Waals surface area contributed by atoms with E-state index < -0.39 is 0 Å². The van der Waals surface area contributed by atoms with E-state index in [2.05, 4.69) is 4.98 Å². The van der Waals surface area contributed by atoms with E-state index >= 15 is 0 Å². The SMILES string of the molecule is CCOC(=O)c1[nH]c2ccsc2c1SC. The highest BCUT2D eigenvalue weighted by Crippen LogP contribution is 2.34. The lowest BCUT2D eigenvalue weighted by molar-refractivity contribution is 0.0516. The number of H-pyrrole nitrogens is 1. The molecule has 0 aliphatic heterocycles. The number of rotatable bonds is 3. The van der Waals surface area contributed by atoms with E-state index in [0.29, 0.717) is 12.3 Å². The summed E-state index contributed by atoms with van der Waals surface area (Å²) < 4.78 is 6.12. The van der Waals surface area contributed by atoms with E-state index in [1.165, 1.54) is 0 Å². The number of thiophene rings is 1. The van der Waals surface area contributed by atoms with Crippen molar-refractivity contribution in [3.05, 3.63) is 17.1 Å².